The third-order valence-electron chi connectivity index (χ3n) is 3.42. The molecular weight excluding hydrogens is 244 g/mol. The molecule has 1 nitrogen and oxygen atoms in total. The van der Waals surface area contributed by atoms with Crippen LogP contribution >= 0.6 is 0 Å². The molecule has 0 saturated heterocycles. The topological polar surface area (TPSA) is 12.0 Å². The Morgan fingerprint density at radius 2 is 1.95 bits per heavy atom. The molecule has 1 atom stereocenters. The highest BCUT2D eigenvalue weighted by atomic mass is 19.1. The summed E-state index contributed by atoms with van der Waals surface area (Å²) in [7, 11) is 0. The first-order chi connectivity index (χ1) is 8.86. The van der Waals surface area contributed by atoms with Gasteiger partial charge in [0.05, 0.1) is 0 Å². The highest BCUT2D eigenvalue weighted by Gasteiger charge is 2.25. The number of halogens is 2. The van der Waals surface area contributed by atoms with E-state index in [-0.39, 0.29) is 5.41 Å². The Hall–Kier alpha value is -0.960. The monoisotopic (exact) mass is 269 g/mol. The molecule has 3 heteroatoms. The van der Waals surface area contributed by atoms with Crippen molar-refractivity contribution in [1.29, 1.82) is 0 Å². The van der Waals surface area contributed by atoms with E-state index in [1.807, 2.05) is 0 Å². The first kappa shape index (κ1) is 16.1. The van der Waals surface area contributed by atoms with Crippen LogP contribution in [0.15, 0.2) is 18.2 Å². The maximum absolute atomic E-state index is 13.8. The zero-order chi connectivity index (χ0) is 14.5. The molecule has 108 valence electrons. The molecule has 1 aromatic carbocycles. The first-order valence-electron chi connectivity index (χ1n) is 7.03. The lowest BCUT2D eigenvalue weighted by Crippen LogP contribution is -2.37. The van der Waals surface area contributed by atoms with Crippen LogP contribution in [-0.2, 0) is 6.42 Å². The van der Waals surface area contributed by atoms with Gasteiger partial charge in [-0.1, -0.05) is 40.2 Å². The van der Waals surface area contributed by atoms with Crippen LogP contribution in [0.5, 0.6) is 0 Å². The van der Waals surface area contributed by atoms with Crippen molar-refractivity contribution in [2.45, 2.75) is 53.0 Å². The van der Waals surface area contributed by atoms with E-state index in [0.29, 0.717) is 18.0 Å². The van der Waals surface area contributed by atoms with E-state index in [1.54, 1.807) is 6.07 Å². The van der Waals surface area contributed by atoms with Crippen molar-refractivity contribution >= 4 is 0 Å². The zero-order valence-electron chi connectivity index (χ0n) is 12.4. The molecule has 0 radical (unpaired) electrons. The van der Waals surface area contributed by atoms with E-state index in [9.17, 15) is 8.78 Å². The second-order valence-corrected chi connectivity index (χ2v) is 6.01. The molecule has 0 bridgehead atoms. The Bertz CT molecular complexity index is 404. The molecule has 0 amide bonds. The van der Waals surface area contributed by atoms with Crippen LogP contribution in [-0.4, -0.2) is 12.6 Å². The van der Waals surface area contributed by atoms with Gasteiger partial charge in [0.1, 0.15) is 11.6 Å². The maximum Gasteiger partial charge on any atom is 0.129 e. The van der Waals surface area contributed by atoms with Gasteiger partial charge in [-0.25, -0.2) is 8.78 Å². The quantitative estimate of drug-likeness (QED) is 0.777. The lowest BCUT2D eigenvalue weighted by Gasteiger charge is -2.31. The summed E-state index contributed by atoms with van der Waals surface area (Å²) in [5, 5.41) is 3.43. The average Bonchev–Trinajstić information content (AvgIpc) is 2.31. The lowest BCUT2D eigenvalue weighted by molar-refractivity contribution is 0.264. The molecule has 0 aliphatic carbocycles. The Morgan fingerprint density at radius 3 is 2.47 bits per heavy atom. The van der Waals surface area contributed by atoms with Gasteiger partial charge >= 0.3 is 0 Å². The summed E-state index contributed by atoms with van der Waals surface area (Å²) in [4.78, 5) is 0. The van der Waals surface area contributed by atoms with Crippen LogP contribution in [0.1, 0.15) is 46.1 Å². The minimum atomic E-state index is -0.515. The Balaban J connectivity index is 2.81. The van der Waals surface area contributed by atoms with Gasteiger partial charge in [-0.2, -0.15) is 0 Å². The summed E-state index contributed by atoms with van der Waals surface area (Å²) in [6.45, 7) is 9.34. The molecule has 1 unspecified atom stereocenters. The van der Waals surface area contributed by atoms with Crippen molar-refractivity contribution in [2.75, 3.05) is 6.54 Å². The molecule has 0 saturated carbocycles. The van der Waals surface area contributed by atoms with Crippen LogP contribution in [0, 0.1) is 17.0 Å². The molecule has 0 spiro atoms. The van der Waals surface area contributed by atoms with E-state index < -0.39 is 11.6 Å². The lowest BCUT2D eigenvalue weighted by atomic mass is 9.79. The van der Waals surface area contributed by atoms with Gasteiger partial charge in [-0.05, 0) is 29.9 Å². The molecule has 0 aromatic heterocycles. The van der Waals surface area contributed by atoms with Gasteiger partial charge in [0.15, 0.2) is 0 Å². The minimum Gasteiger partial charge on any atom is -0.314 e. The van der Waals surface area contributed by atoms with Crippen molar-refractivity contribution < 1.29 is 8.78 Å². The normalized spacial score (nSPS) is 14.7. The van der Waals surface area contributed by atoms with E-state index in [0.717, 1.165) is 25.5 Å². The first-order valence-corrected chi connectivity index (χ1v) is 7.03. The predicted molar refractivity (Wildman–Crippen MR) is 76.2 cm³/mol. The van der Waals surface area contributed by atoms with Gasteiger partial charge in [-0.3, -0.25) is 0 Å². The standard InChI is InChI=1S/C16H25F2N/c1-5-8-16(4,11-19-12(2)3)10-13-6-7-14(17)9-15(13)18/h6-7,9,12,19H,5,8,10-11H2,1-4H3. The maximum atomic E-state index is 13.8. The van der Waals surface area contributed by atoms with Crippen molar-refractivity contribution in [1.82, 2.24) is 5.32 Å². The van der Waals surface area contributed by atoms with Crippen LogP contribution in [0.4, 0.5) is 8.78 Å². The van der Waals surface area contributed by atoms with Crippen molar-refractivity contribution in [3.05, 3.63) is 35.4 Å². The fraction of sp³-hybridized carbons (Fsp3) is 0.625. The number of hydrogen-bond acceptors (Lipinski definition) is 1. The molecule has 19 heavy (non-hydrogen) atoms. The fourth-order valence-electron chi connectivity index (χ4n) is 2.42. The number of nitrogens with one attached hydrogen (secondary N) is 1. The summed E-state index contributed by atoms with van der Waals surface area (Å²) in [6.07, 6.45) is 2.70. The van der Waals surface area contributed by atoms with Crippen LogP contribution < -0.4 is 5.32 Å². The summed E-state index contributed by atoms with van der Waals surface area (Å²) < 4.78 is 26.7. The van der Waals surface area contributed by atoms with Crippen LogP contribution in [0.2, 0.25) is 0 Å². The molecule has 1 rings (SSSR count). The second-order valence-electron chi connectivity index (χ2n) is 6.01. The van der Waals surface area contributed by atoms with Gasteiger partial charge in [0.25, 0.3) is 0 Å². The molecule has 0 heterocycles. The van der Waals surface area contributed by atoms with E-state index in [4.69, 9.17) is 0 Å². The predicted octanol–water partition coefficient (Wildman–Crippen LogP) is 4.31. The summed E-state index contributed by atoms with van der Waals surface area (Å²) in [5.41, 5.74) is 0.598. The Morgan fingerprint density at radius 1 is 1.26 bits per heavy atom. The number of rotatable bonds is 7. The molecule has 0 fully saturated rings. The highest BCUT2D eigenvalue weighted by Crippen LogP contribution is 2.29. The average molecular weight is 269 g/mol. The molecule has 1 aromatic rings. The van der Waals surface area contributed by atoms with Crippen LogP contribution in [0.3, 0.4) is 0 Å². The van der Waals surface area contributed by atoms with Gasteiger partial charge in [0, 0.05) is 18.7 Å². The summed E-state index contributed by atoms with van der Waals surface area (Å²) >= 11 is 0. The molecule has 0 aliphatic rings. The Kier molecular flexibility index (Phi) is 5.92. The third kappa shape index (κ3) is 5.27. The minimum absolute atomic E-state index is 0.00229. The summed E-state index contributed by atoms with van der Waals surface area (Å²) in [6, 6.07) is 4.28. The third-order valence-corrected chi connectivity index (χ3v) is 3.42. The smallest absolute Gasteiger partial charge is 0.129 e. The zero-order valence-corrected chi connectivity index (χ0v) is 12.4. The van der Waals surface area contributed by atoms with E-state index in [1.165, 1.54) is 6.07 Å². The number of benzene rings is 1. The second kappa shape index (κ2) is 6.99. The van der Waals surface area contributed by atoms with E-state index in [2.05, 4.69) is 33.0 Å². The van der Waals surface area contributed by atoms with E-state index >= 15 is 0 Å². The summed E-state index contributed by atoms with van der Waals surface area (Å²) in [5.74, 6) is -0.953. The van der Waals surface area contributed by atoms with Crippen molar-refractivity contribution in [3.8, 4) is 0 Å². The largest absolute Gasteiger partial charge is 0.314 e. The fourth-order valence-corrected chi connectivity index (χ4v) is 2.42. The van der Waals surface area contributed by atoms with Gasteiger partial charge in [-0.15, -0.1) is 0 Å². The molecule has 0 aliphatic heterocycles. The Labute approximate surface area is 115 Å². The van der Waals surface area contributed by atoms with Gasteiger partial charge in [0.2, 0.25) is 0 Å². The van der Waals surface area contributed by atoms with Crippen molar-refractivity contribution in [3.63, 3.8) is 0 Å². The van der Waals surface area contributed by atoms with Crippen molar-refractivity contribution in [2.24, 2.45) is 5.41 Å². The molecule has 1 N–H and O–H groups in total. The SMILES string of the molecule is CCCC(C)(CNC(C)C)Cc1ccc(F)cc1F. The molecular formula is C16H25F2N. The number of hydrogen-bond donors (Lipinski definition) is 1. The van der Waals surface area contributed by atoms with Crippen LogP contribution in [0.25, 0.3) is 0 Å². The van der Waals surface area contributed by atoms with Gasteiger partial charge < -0.3 is 5.32 Å². The highest BCUT2D eigenvalue weighted by molar-refractivity contribution is 5.20.